The molecule has 1 aromatic rings. The van der Waals surface area contributed by atoms with E-state index in [9.17, 15) is 9.59 Å². The smallest absolute Gasteiger partial charge is 0.267 e. The van der Waals surface area contributed by atoms with Gasteiger partial charge in [0.2, 0.25) is 5.91 Å². The highest BCUT2D eigenvalue weighted by Crippen LogP contribution is 2.26. The Morgan fingerprint density at radius 2 is 2.35 bits per heavy atom. The zero-order chi connectivity index (χ0) is 12.4. The SMILES string of the molecule is CCN(C(=O)Cn1cncc(I)c1=O)C1CC1. The van der Waals surface area contributed by atoms with Crippen LogP contribution in [0.25, 0.3) is 0 Å². The van der Waals surface area contributed by atoms with Gasteiger partial charge >= 0.3 is 0 Å². The summed E-state index contributed by atoms with van der Waals surface area (Å²) in [6.07, 6.45) is 5.09. The first-order valence-electron chi connectivity index (χ1n) is 5.63. The molecule has 0 N–H and O–H groups in total. The van der Waals surface area contributed by atoms with Crippen molar-refractivity contribution in [1.82, 2.24) is 14.5 Å². The van der Waals surface area contributed by atoms with Crippen LogP contribution in [0.5, 0.6) is 0 Å². The maximum Gasteiger partial charge on any atom is 0.267 e. The minimum atomic E-state index is -0.152. The Balaban J connectivity index is 2.12. The van der Waals surface area contributed by atoms with Crippen molar-refractivity contribution in [3.05, 3.63) is 26.4 Å². The number of halogens is 1. The summed E-state index contributed by atoms with van der Waals surface area (Å²) in [6.45, 7) is 2.76. The first-order chi connectivity index (χ1) is 8.13. The Morgan fingerprint density at radius 1 is 1.65 bits per heavy atom. The molecule has 2 rings (SSSR count). The minimum Gasteiger partial charge on any atom is -0.338 e. The lowest BCUT2D eigenvalue weighted by molar-refractivity contribution is -0.132. The number of hydrogen-bond acceptors (Lipinski definition) is 3. The average Bonchev–Trinajstić information content (AvgIpc) is 3.10. The molecule has 0 radical (unpaired) electrons. The number of likely N-dealkylation sites (N-methyl/N-ethyl adjacent to an activating group) is 1. The van der Waals surface area contributed by atoms with Crippen LogP contribution >= 0.6 is 22.6 Å². The van der Waals surface area contributed by atoms with Gasteiger partial charge < -0.3 is 4.90 Å². The summed E-state index contributed by atoms with van der Waals surface area (Å²) >= 11 is 1.93. The van der Waals surface area contributed by atoms with Gasteiger partial charge in [-0.15, -0.1) is 0 Å². The van der Waals surface area contributed by atoms with Crippen molar-refractivity contribution >= 4 is 28.5 Å². The summed E-state index contributed by atoms with van der Waals surface area (Å²) in [5.74, 6) is 0.000833. The molecule has 6 heteroatoms. The van der Waals surface area contributed by atoms with E-state index in [1.165, 1.54) is 17.1 Å². The van der Waals surface area contributed by atoms with Crippen molar-refractivity contribution in [2.75, 3.05) is 6.54 Å². The Morgan fingerprint density at radius 3 is 2.94 bits per heavy atom. The van der Waals surface area contributed by atoms with E-state index in [1.807, 2.05) is 34.4 Å². The number of rotatable bonds is 4. The van der Waals surface area contributed by atoms with Crippen molar-refractivity contribution in [3.8, 4) is 0 Å². The Hall–Kier alpha value is -0.920. The molecule has 1 heterocycles. The van der Waals surface area contributed by atoms with Gasteiger partial charge in [0.1, 0.15) is 6.54 Å². The highest BCUT2D eigenvalue weighted by Gasteiger charge is 2.31. The lowest BCUT2D eigenvalue weighted by Gasteiger charge is -2.20. The van der Waals surface area contributed by atoms with Crippen LogP contribution < -0.4 is 5.56 Å². The van der Waals surface area contributed by atoms with E-state index < -0.39 is 0 Å². The van der Waals surface area contributed by atoms with E-state index in [-0.39, 0.29) is 18.0 Å². The van der Waals surface area contributed by atoms with E-state index in [4.69, 9.17) is 0 Å². The second-order valence-corrected chi connectivity index (χ2v) is 5.25. The number of amides is 1. The summed E-state index contributed by atoms with van der Waals surface area (Å²) < 4.78 is 1.90. The molecule has 0 aromatic carbocycles. The molecule has 1 aliphatic carbocycles. The molecule has 1 saturated carbocycles. The number of nitrogens with zero attached hydrogens (tertiary/aromatic N) is 3. The quantitative estimate of drug-likeness (QED) is 0.760. The zero-order valence-corrected chi connectivity index (χ0v) is 11.8. The summed E-state index contributed by atoms with van der Waals surface area (Å²) in [6, 6.07) is 0.388. The van der Waals surface area contributed by atoms with Crippen molar-refractivity contribution in [3.63, 3.8) is 0 Å². The Bertz CT molecular complexity index is 482. The van der Waals surface area contributed by atoms with Crippen LogP contribution in [0.1, 0.15) is 19.8 Å². The third kappa shape index (κ3) is 2.85. The van der Waals surface area contributed by atoms with E-state index in [2.05, 4.69) is 4.98 Å². The average molecular weight is 347 g/mol. The standard InChI is InChI=1S/C11H14IN3O2/c1-2-15(8-3-4-8)10(16)6-14-7-13-5-9(12)11(14)17/h5,7-8H,2-4,6H2,1H3. The molecule has 0 unspecified atom stereocenters. The van der Waals surface area contributed by atoms with Crippen molar-refractivity contribution in [2.45, 2.75) is 32.4 Å². The van der Waals surface area contributed by atoms with Crippen molar-refractivity contribution < 1.29 is 4.79 Å². The maximum atomic E-state index is 12.0. The molecule has 0 atom stereocenters. The first kappa shape index (κ1) is 12.5. The normalized spacial score (nSPS) is 14.7. The Kier molecular flexibility index (Phi) is 3.80. The molecule has 92 valence electrons. The van der Waals surface area contributed by atoms with Crippen LogP contribution in [-0.2, 0) is 11.3 Å². The van der Waals surface area contributed by atoms with Crippen LogP contribution in [-0.4, -0.2) is 32.9 Å². The summed E-state index contributed by atoms with van der Waals surface area (Å²) in [5, 5.41) is 0. The van der Waals surface area contributed by atoms with Gasteiger partial charge in [0.25, 0.3) is 5.56 Å². The second kappa shape index (κ2) is 5.16. The Labute approximate surface area is 113 Å². The van der Waals surface area contributed by atoms with Gasteiger partial charge in [-0.1, -0.05) is 0 Å². The second-order valence-electron chi connectivity index (χ2n) is 4.09. The third-order valence-electron chi connectivity index (χ3n) is 2.81. The van der Waals surface area contributed by atoms with Gasteiger partial charge in [-0.2, -0.15) is 0 Å². The number of aromatic nitrogens is 2. The summed E-state index contributed by atoms with van der Waals surface area (Å²) in [5.41, 5.74) is -0.152. The lowest BCUT2D eigenvalue weighted by atomic mass is 10.4. The maximum absolute atomic E-state index is 12.0. The molecule has 1 amide bonds. The van der Waals surface area contributed by atoms with Crippen molar-refractivity contribution in [2.24, 2.45) is 0 Å². The molecule has 1 aromatic heterocycles. The monoisotopic (exact) mass is 347 g/mol. The van der Waals surface area contributed by atoms with Crippen LogP contribution in [0.15, 0.2) is 17.3 Å². The van der Waals surface area contributed by atoms with Gasteiger partial charge in [-0.05, 0) is 42.4 Å². The molecule has 1 fully saturated rings. The molecule has 0 spiro atoms. The summed E-state index contributed by atoms with van der Waals surface area (Å²) in [4.78, 5) is 29.5. The topological polar surface area (TPSA) is 55.2 Å². The molecular formula is C11H14IN3O2. The lowest BCUT2D eigenvalue weighted by Crippen LogP contribution is -2.38. The van der Waals surface area contributed by atoms with Crippen LogP contribution in [0.4, 0.5) is 0 Å². The third-order valence-corrected chi connectivity index (χ3v) is 3.55. The molecule has 0 bridgehead atoms. The number of carbonyl (C=O) groups excluding carboxylic acids is 1. The van der Waals surface area contributed by atoms with E-state index in [1.54, 1.807) is 0 Å². The van der Waals surface area contributed by atoms with Gasteiger partial charge in [0, 0.05) is 18.8 Å². The molecule has 1 aliphatic rings. The predicted molar refractivity (Wildman–Crippen MR) is 71.6 cm³/mol. The molecular weight excluding hydrogens is 333 g/mol. The van der Waals surface area contributed by atoms with Gasteiger partial charge in [0.05, 0.1) is 9.90 Å². The fourth-order valence-corrected chi connectivity index (χ4v) is 2.27. The largest absolute Gasteiger partial charge is 0.338 e. The van der Waals surface area contributed by atoms with Crippen LogP contribution in [0.3, 0.4) is 0 Å². The molecule has 0 aliphatic heterocycles. The fourth-order valence-electron chi connectivity index (χ4n) is 1.80. The fraction of sp³-hybridized carbons (Fsp3) is 0.545. The van der Waals surface area contributed by atoms with Gasteiger partial charge in [-0.25, -0.2) is 4.98 Å². The molecule has 5 nitrogen and oxygen atoms in total. The van der Waals surface area contributed by atoms with Crippen molar-refractivity contribution in [1.29, 1.82) is 0 Å². The molecule has 17 heavy (non-hydrogen) atoms. The zero-order valence-electron chi connectivity index (χ0n) is 9.60. The van der Waals surface area contributed by atoms with Gasteiger partial charge in [-0.3, -0.25) is 14.2 Å². The highest BCUT2D eigenvalue weighted by molar-refractivity contribution is 14.1. The highest BCUT2D eigenvalue weighted by atomic mass is 127. The number of carbonyl (C=O) groups is 1. The van der Waals surface area contributed by atoms with Crippen LogP contribution in [0.2, 0.25) is 0 Å². The van der Waals surface area contributed by atoms with Gasteiger partial charge in [0.15, 0.2) is 0 Å². The van der Waals surface area contributed by atoms with Crippen LogP contribution in [0, 0.1) is 3.57 Å². The summed E-state index contributed by atoms with van der Waals surface area (Å²) in [7, 11) is 0. The number of hydrogen-bond donors (Lipinski definition) is 0. The predicted octanol–water partition coefficient (Wildman–Crippen LogP) is 0.859. The van der Waals surface area contributed by atoms with E-state index in [0.29, 0.717) is 16.2 Å². The van der Waals surface area contributed by atoms with E-state index in [0.717, 1.165) is 12.8 Å². The van der Waals surface area contributed by atoms with E-state index >= 15 is 0 Å². The first-order valence-corrected chi connectivity index (χ1v) is 6.70. The minimum absolute atomic E-state index is 0.000833. The molecule has 0 saturated heterocycles.